The van der Waals surface area contributed by atoms with Gasteiger partial charge in [0.15, 0.2) is 0 Å². The summed E-state index contributed by atoms with van der Waals surface area (Å²) in [6, 6.07) is 24.6. The second-order valence-electron chi connectivity index (χ2n) is 5.50. The molecule has 3 aromatic carbocycles. The maximum Gasteiger partial charge on any atom is 0.0878 e. The molecule has 0 bridgehead atoms. The van der Waals surface area contributed by atoms with E-state index in [-0.39, 0.29) is 0 Å². The largest absolute Gasteiger partial charge is 0.341 e. The van der Waals surface area contributed by atoms with Gasteiger partial charge in [0.2, 0.25) is 0 Å². The van der Waals surface area contributed by atoms with Crippen molar-refractivity contribution in [2.75, 3.05) is 0 Å². The molecule has 3 nitrogen and oxygen atoms in total. The first kappa shape index (κ1) is 13.7. The van der Waals surface area contributed by atoms with Crippen molar-refractivity contribution in [2.24, 2.45) is 10.2 Å². The topological polar surface area (TPSA) is 29.6 Å². The molecule has 0 saturated carbocycles. The second-order valence-corrected chi connectivity index (χ2v) is 5.50. The van der Waals surface area contributed by atoms with E-state index in [4.69, 9.17) is 0 Å². The van der Waals surface area contributed by atoms with Crippen LogP contribution in [-0.4, -0.2) is 4.57 Å². The van der Waals surface area contributed by atoms with Gasteiger partial charge in [-0.25, -0.2) is 0 Å². The number of rotatable bonds is 3. The predicted octanol–water partition coefficient (Wildman–Crippen LogP) is 6.23. The van der Waals surface area contributed by atoms with Gasteiger partial charge in [-0.2, -0.15) is 10.2 Å². The maximum atomic E-state index is 4.38. The number of fused-ring (bicyclic) bond motifs is 3. The normalized spacial score (nSPS) is 11.7. The lowest BCUT2D eigenvalue weighted by atomic mass is 10.1. The minimum atomic E-state index is 0.864. The van der Waals surface area contributed by atoms with Crippen LogP contribution in [0.4, 0.5) is 11.4 Å². The highest BCUT2D eigenvalue weighted by atomic mass is 15.1. The SMILES string of the molecule is CCn1c2ccccc2c2ccc(N=Nc3ccccc3)cc21. The summed E-state index contributed by atoms with van der Waals surface area (Å²) in [6.07, 6.45) is 0. The Balaban J connectivity index is 1.84. The first-order valence-electron chi connectivity index (χ1n) is 7.84. The van der Waals surface area contributed by atoms with Crippen molar-refractivity contribution in [3.63, 3.8) is 0 Å². The van der Waals surface area contributed by atoms with E-state index in [9.17, 15) is 0 Å². The van der Waals surface area contributed by atoms with Crippen molar-refractivity contribution in [2.45, 2.75) is 13.5 Å². The summed E-state index contributed by atoms with van der Waals surface area (Å²) in [7, 11) is 0. The highest BCUT2D eigenvalue weighted by Gasteiger charge is 2.09. The predicted molar refractivity (Wildman–Crippen MR) is 95.7 cm³/mol. The highest BCUT2D eigenvalue weighted by Crippen LogP contribution is 2.32. The van der Waals surface area contributed by atoms with Crippen LogP contribution in [0.3, 0.4) is 0 Å². The van der Waals surface area contributed by atoms with E-state index < -0.39 is 0 Å². The molecule has 0 aliphatic carbocycles. The summed E-state index contributed by atoms with van der Waals surface area (Å²) in [5.74, 6) is 0. The molecule has 0 amide bonds. The zero-order valence-electron chi connectivity index (χ0n) is 13.0. The molecule has 0 aliphatic rings. The molecular formula is C20H17N3. The molecule has 4 aromatic rings. The molecule has 4 rings (SSSR count). The third-order valence-electron chi connectivity index (χ3n) is 4.11. The number of hydrogen-bond acceptors (Lipinski definition) is 2. The molecule has 0 spiro atoms. The van der Waals surface area contributed by atoms with Crippen molar-refractivity contribution < 1.29 is 0 Å². The van der Waals surface area contributed by atoms with E-state index in [1.807, 2.05) is 36.4 Å². The van der Waals surface area contributed by atoms with E-state index in [1.54, 1.807) is 0 Å². The van der Waals surface area contributed by atoms with Gasteiger partial charge in [-0.1, -0.05) is 36.4 Å². The Labute approximate surface area is 134 Å². The Hall–Kier alpha value is -2.94. The number of hydrogen-bond donors (Lipinski definition) is 0. The minimum absolute atomic E-state index is 0.864. The molecule has 0 saturated heterocycles. The van der Waals surface area contributed by atoms with E-state index in [0.717, 1.165) is 17.9 Å². The molecule has 0 atom stereocenters. The van der Waals surface area contributed by atoms with Gasteiger partial charge in [-0.05, 0) is 43.3 Å². The van der Waals surface area contributed by atoms with Crippen LogP contribution < -0.4 is 0 Å². The van der Waals surface area contributed by atoms with Crippen molar-refractivity contribution >= 4 is 33.2 Å². The van der Waals surface area contributed by atoms with Gasteiger partial charge in [0.25, 0.3) is 0 Å². The number of benzene rings is 3. The van der Waals surface area contributed by atoms with Crippen molar-refractivity contribution in [3.05, 3.63) is 72.8 Å². The van der Waals surface area contributed by atoms with Crippen LogP contribution in [0.15, 0.2) is 83.0 Å². The summed E-state index contributed by atoms with van der Waals surface area (Å²) in [4.78, 5) is 0. The highest BCUT2D eigenvalue weighted by molar-refractivity contribution is 6.08. The average molecular weight is 299 g/mol. The number of nitrogens with zero attached hydrogens (tertiary/aromatic N) is 3. The summed E-state index contributed by atoms with van der Waals surface area (Å²) in [6.45, 7) is 3.10. The first-order valence-corrected chi connectivity index (χ1v) is 7.84. The lowest BCUT2D eigenvalue weighted by molar-refractivity contribution is 0.827. The standard InChI is InChI=1S/C20H17N3/c1-2-23-19-11-7-6-10-17(19)18-13-12-16(14-20(18)23)22-21-15-8-4-3-5-9-15/h3-14H,2H2,1H3. The summed E-state index contributed by atoms with van der Waals surface area (Å²) in [5.41, 5.74) is 4.21. The first-order chi connectivity index (χ1) is 11.4. The van der Waals surface area contributed by atoms with E-state index in [2.05, 4.69) is 58.1 Å². The molecule has 23 heavy (non-hydrogen) atoms. The molecule has 0 radical (unpaired) electrons. The summed E-state index contributed by atoms with van der Waals surface area (Å²) >= 11 is 0. The summed E-state index contributed by atoms with van der Waals surface area (Å²) < 4.78 is 2.33. The van der Waals surface area contributed by atoms with Crippen LogP contribution in [0.1, 0.15) is 6.92 Å². The third kappa shape index (κ3) is 2.40. The monoisotopic (exact) mass is 299 g/mol. The van der Waals surface area contributed by atoms with Crippen LogP contribution in [0.5, 0.6) is 0 Å². The molecular weight excluding hydrogens is 282 g/mol. The Morgan fingerprint density at radius 3 is 2.22 bits per heavy atom. The maximum absolute atomic E-state index is 4.38. The molecule has 1 heterocycles. The Morgan fingerprint density at radius 2 is 1.39 bits per heavy atom. The fourth-order valence-electron chi connectivity index (χ4n) is 3.05. The van der Waals surface area contributed by atoms with Gasteiger partial charge in [-0.15, -0.1) is 0 Å². The van der Waals surface area contributed by atoms with Crippen LogP contribution in [0, 0.1) is 0 Å². The van der Waals surface area contributed by atoms with Gasteiger partial charge in [-0.3, -0.25) is 0 Å². The smallest absolute Gasteiger partial charge is 0.0878 e. The number of para-hydroxylation sites is 1. The molecule has 0 fully saturated rings. The summed E-state index contributed by atoms with van der Waals surface area (Å²) in [5, 5.41) is 11.2. The number of aryl methyl sites for hydroxylation is 1. The quantitative estimate of drug-likeness (QED) is 0.401. The van der Waals surface area contributed by atoms with Crippen LogP contribution >= 0.6 is 0 Å². The van der Waals surface area contributed by atoms with Gasteiger partial charge in [0, 0.05) is 22.8 Å². The van der Waals surface area contributed by atoms with Crippen LogP contribution in [0.25, 0.3) is 21.8 Å². The zero-order chi connectivity index (χ0) is 15.6. The van der Waals surface area contributed by atoms with Crippen LogP contribution in [0.2, 0.25) is 0 Å². The molecule has 0 unspecified atom stereocenters. The fourth-order valence-corrected chi connectivity index (χ4v) is 3.05. The number of azo groups is 1. The Bertz CT molecular complexity index is 997. The van der Waals surface area contributed by atoms with Gasteiger partial charge >= 0.3 is 0 Å². The van der Waals surface area contributed by atoms with Crippen molar-refractivity contribution in [1.29, 1.82) is 0 Å². The van der Waals surface area contributed by atoms with E-state index in [0.29, 0.717) is 0 Å². The molecule has 0 N–H and O–H groups in total. The Kier molecular flexibility index (Phi) is 3.39. The third-order valence-corrected chi connectivity index (χ3v) is 4.11. The Morgan fingerprint density at radius 1 is 0.696 bits per heavy atom. The minimum Gasteiger partial charge on any atom is -0.341 e. The van der Waals surface area contributed by atoms with Gasteiger partial charge in [0.1, 0.15) is 0 Å². The second kappa shape index (κ2) is 5.69. The fraction of sp³-hybridized carbons (Fsp3) is 0.100. The lowest BCUT2D eigenvalue weighted by Gasteiger charge is -2.02. The molecule has 112 valence electrons. The average Bonchev–Trinajstić information content (AvgIpc) is 2.94. The van der Waals surface area contributed by atoms with E-state index >= 15 is 0 Å². The molecule has 3 heteroatoms. The number of aromatic nitrogens is 1. The molecule has 0 aliphatic heterocycles. The molecule has 1 aromatic heterocycles. The zero-order valence-corrected chi connectivity index (χ0v) is 13.0. The van der Waals surface area contributed by atoms with Crippen molar-refractivity contribution in [1.82, 2.24) is 4.57 Å². The van der Waals surface area contributed by atoms with Gasteiger partial charge in [0.05, 0.1) is 16.9 Å². The van der Waals surface area contributed by atoms with Crippen LogP contribution in [-0.2, 0) is 6.54 Å². The van der Waals surface area contributed by atoms with E-state index in [1.165, 1.54) is 21.8 Å². The lowest BCUT2D eigenvalue weighted by Crippen LogP contribution is -1.92. The van der Waals surface area contributed by atoms with Gasteiger partial charge < -0.3 is 4.57 Å². The van der Waals surface area contributed by atoms with Crippen molar-refractivity contribution in [3.8, 4) is 0 Å².